The molecule has 0 aliphatic carbocycles. The summed E-state index contributed by atoms with van der Waals surface area (Å²) in [5.74, 6) is 4.38. The maximum Gasteiger partial charge on any atom is 0.218 e. The Bertz CT molecular complexity index is 1330. The quantitative estimate of drug-likeness (QED) is 0.494. The molecule has 7 nitrogen and oxygen atoms in total. The number of rotatable bonds is 3. The number of likely N-dealkylation sites (tertiary alicyclic amines) is 1. The topological polar surface area (TPSA) is 85.5 Å². The molecular weight excluding hydrogens is 421 g/mol. The van der Waals surface area contributed by atoms with Crippen LogP contribution in [-0.2, 0) is 6.54 Å². The first-order valence-corrected chi connectivity index (χ1v) is 9.94. The van der Waals surface area contributed by atoms with Crippen molar-refractivity contribution in [2.24, 2.45) is 0 Å². The van der Waals surface area contributed by atoms with E-state index in [0.717, 1.165) is 12.8 Å². The molecule has 0 radical (unpaired) electrons. The first kappa shape index (κ1) is 20.1. The minimum absolute atomic E-state index is 0.00147. The molecule has 3 aromatic heterocycles. The van der Waals surface area contributed by atoms with Crippen molar-refractivity contribution in [1.29, 1.82) is 0 Å². The standard InChI is InChI=1S/C22H17F3N6O/c23-13-9-17(24)16(18(25)10-13)12-30-7-1-3-15(30)6-5-14-11-31-22(20(26)27-14)28-21(29-31)19-4-2-8-32-19/h2,4,8-11,15H,1,3,7,12H2,(H2,26,27)/t15-/m1/s1. The molecule has 1 aromatic carbocycles. The molecule has 4 aromatic rings. The van der Waals surface area contributed by atoms with Crippen LogP contribution in [0.3, 0.4) is 0 Å². The molecule has 0 amide bonds. The lowest BCUT2D eigenvalue weighted by Crippen LogP contribution is -2.28. The Hall–Kier alpha value is -3.84. The predicted octanol–water partition coefficient (Wildman–Crippen LogP) is 3.40. The maximum absolute atomic E-state index is 14.1. The van der Waals surface area contributed by atoms with Crippen LogP contribution in [0, 0.1) is 29.3 Å². The molecule has 1 atom stereocenters. The number of anilines is 1. The van der Waals surface area contributed by atoms with Crippen molar-refractivity contribution in [3.8, 4) is 23.4 Å². The van der Waals surface area contributed by atoms with Gasteiger partial charge in [0.1, 0.15) is 23.1 Å². The van der Waals surface area contributed by atoms with Crippen molar-refractivity contribution in [2.45, 2.75) is 25.4 Å². The molecule has 0 unspecified atom stereocenters. The lowest BCUT2D eigenvalue weighted by atomic mass is 10.1. The largest absolute Gasteiger partial charge is 0.461 e. The lowest BCUT2D eigenvalue weighted by molar-refractivity contribution is 0.278. The molecular formula is C22H17F3N6O. The third kappa shape index (κ3) is 3.78. The van der Waals surface area contributed by atoms with E-state index in [-0.39, 0.29) is 24.0 Å². The van der Waals surface area contributed by atoms with E-state index in [2.05, 4.69) is 26.9 Å². The van der Waals surface area contributed by atoms with Gasteiger partial charge in [0.2, 0.25) is 5.82 Å². The van der Waals surface area contributed by atoms with Gasteiger partial charge in [-0.25, -0.2) is 27.7 Å². The van der Waals surface area contributed by atoms with Gasteiger partial charge in [-0.15, -0.1) is 5.10 Å². The fraction of sp³-hybridized carbons (Fsp3) is 0.227. The van der Waals surface area contributed by atoms with E-state index < -0.39 is 17.5 Å². The molecule has 5 rings (SSSR count). The number of hydrogen-bond donors (Lipinski definition) is 1. The number of nitrogen functional groups attached to an aromatic ring is 1. The average Bonchev–Trinajstić information content (AvgIpc) is 3.49. The van der Waals surface area contributed by atoms with E-state index in [9.17, 15) is 13.2 Å². The van der Waals surface area contributed by atoms with Gasteiger partial charge in [0.05, 0.1) is 18.5 Å². The molecule has 1 fully saturated rings. The SMILES string of the molecule is Nc1nc(C#C[C@H]2CCCN2Cc2c(F)cc(F)cc2F)cn2nc(-c3ccco3)nc12. The fourth-order valence-corrected chi connectivity index (χ4v) is 3.75. The van der Waals surface area contributed by atoms with Gasteiger partial charge >= 0.3 is 0 Å². The lowest BCUT2D eigenvalue weighted by Gasteiger charge is -2.20. The highest BCUT2D eigenvalue weighted by atomic mass is 19.1. The highest BCUT2D eigenvalue weighted by Crippen LogP contribution is 2.24. The van der Waals surface area contributed by atoms with Crippen LogP contribution in [0.15, 0.2) is 41.1 Å². The van der Waals surface area contributed by atoms with E-state index in [4.69, 9.17) is 10.2 Å². The Kier molecular flexibility index (Phi) is 5.03. The Balaban J connectivity index is 1.39. The number of halogens is 3. The van der Waals surface area contributed by atoms with Crippen LogP contribution in [0.5, 0.6) is 0 Å². The average molecular weight is 438 g/mol. The monoisotopic (exact) mass is 438 g/mol. The van der Waals surface area contributed by atoms with Crippen LogP contribution in [0.4, 0.5) is 19.0 Å². The number of benzene rings is 1. The summed E-state index contributed by atoms with van der Waals surface area (Å²) in [5, 5.41) is 4.35. The number of fused-ring (bicyclic) bond motifs is 1. The summed E-state index contributed by atoms with van der Waals surface area (Å²) in [6.07, 6.45) is 4.70. The highest BCUT2D eigenvalue weighted by molar-refractivity contribution is 5.63. The Morgan fingerprint density at radius 3 is 2.75 bits per heavy atom. The van der Waals surface area contributed by atoms with Gasteiger partial charge in [0, 0.05) is 24.2 Å². The molecule has 1 aliphatic heterocycles. The van der Waals surface area contributed by atoms with Gasteiger partial charge in [-0.1, -0.05) is 5.92 Å². The number of aromatic nitrogens is 4. The van der Waals surface area contributed by atoms with Crippen molar-refractivity contribution in [2.75, 3.05) is 12.3 Å². The second kappa shape index (κ2) is 8.01. The van der Waals surface area contributed by atoms with Gasteiger partial charge in [-0.3, -0.25) is 4.90 Å². The second-order valence-electron chi connectivity index (χ2n) is 7.44. The number of furan rings is 1. The van der Waals surface area contributed by atoms with Crippen LogP contribution in [0.2, 0.25) is 0 Å². The molecule has 0 bridgehead atoms. The zero-order valence-electron chi connectivity index (χ0n) is 16.7. The third-order valence-electron chi connectivity index (χ3n) is 5.28. The Morgan fingerprint density at radius 1 is 1.19 bits per heavy atom. The zero-order chi connectivity index (χ0) is 22.2. The molecule has 1 saturated heterocycles. The van der Waals surface area contributed by atoms with Crippen LogP contribution in [-0.4, -0.2) is 37.1 Å². The smallest absolute Gasteiger partial charge is 0.218 e. The first-order chi connectivity index (χ1) is 15.5. The number of nitrogens with two attached hydrogens (primary N) is 1. The number of nitrogens with zero attached hydrogens (tertiary/aromatic N) is 5. The van der Waals surface area contributed by atoms with Gasteiger partial charge in [0.15, 0.2) is 17.2 Å². The zero-order valence-corrected chi connectivity index (χ0v) is 16.7. The molecule has 32 heavy (non-hydrogen) atoms. The van der Waals surface area contributed by atoms with Crippen LogP contribution < -0.4 is 5.73 Å². The third-order valence-corrected chi connectivity index (χ3v) is 5.28. The summed E-state index contributed by atoms with van der Waals surface area (Å²) in [5.41, 5.74) is 6.62. The van der Waals surface area contributed by atoms with E-state index in [0.29, 0.717) is 41.6 Å². The minimum Gasteiger partial charge on any atom is -0.461 e. The molecule has 1 aliphatic rings. The Morgan fingerprint density at radius 2 is 2.00 bits per heavy atom. The summed E-state index contributed by atoms with van der Waals surface area (Å²) < 4.78 is 48.1. The van der Waals surface area contributed by atoms with Gasteiger partial charge in [0.25, 0.3) is 0 Å². The summed E-state index contributed by atoms with van der Waals surface area (Å²) >= 11 is 0. The van der Waals surface area contributed by atoms with Crippen molar-refractivity contribution >= 4 is 11.5 Å². The highest BCUT2D eigenvalue weighted by Gasteiger charge is 2.25. The van der Waals surface area contributed by atoms with Crippen LogP contribution in [0.25, 0.3) is 17.2 Å². The van der Waals surface area contributed by atoms with E-state index in [1.165, 1.54) is 10.8 Å². The summed E-state index contributed by atoms with van der Waals surface area (Å²) in [6, 6.07) is 4.61. The van der Waals surface area contributed by atoms with Crippen LogP contribution >= 0.6 is 0 Å². The minimum atomic E-state index is -0.941. The Labute approximate surface area is 180 Å². The van der Waals surface area contributed by atoms with Crippen molar-refractivity contribution in [1.82, 2.24) is 24.5 Å². The normalized spacial score (nSPS) is 16.4. The molecule has 2 N–H and O–H groups in total. The van der Waals surface area contributed by atoms with E-state index in [1.807, 2.05) is 4.90 Å². The molecule has 10 heteroatoms. The predicted molar refractivity (Wildman–Crippen MR) is 110 cm³/mol. The summed E-state index contributed by atoms with van der Waals surface area (Å²) in [7, 11) is 0. The van der Waals surface area contributed by atoms with E-state index in [1.54, 1.807) is 18.3 Å². The van der Waals surface area contributed by atoms with Crippen molar-refractivity contribution in [3.63, 3.8) is 0 Å². The number of hydrogen-bond acceptors (Lipinski definition) is 6. The van der Waals surface area contributed by atoms with Gasteiger partial charge in [-0.05, 0) is 37.4 Å². The first-order valence-electron chi connectivity index (χ1n) is 9.94. The van der Waals surface area contributed by atoms with Gasteiger partial charge in [-0.2, -0.15) is 0 Å². The van der Waals surface area contributed by atoms with Gasteiger partial charge < -0.3 is 10.2 Å². The fourth-order valence-electron chi connectivity index (χ4n) is 3.75. The van der Waals surface area contributed by atoms with Crippen molar-refractivity contribution < 1.29 is 17.6 Å². The van der Waals surface area contributed by atoms with E-state index >= 15 is 0 Å². The molecule has 0 saturated carbocycles. The second-order valence-corrected chi connectivity index (χ2v) is 7.44. The maximum atomic E-state index is 14.1. The molecule has 4 heterocycles. The molecule has 0 spiro atoms. The summed E-state index contributed by atoms with van der Waals surface area (Å²) in [4.78, 5) is 10.5. The molecule has 162 valence electrons. The summed E-state index contributed by atoms with van der Waals surface area (Å²) in [6.45, 7) is 0.626. The van der Waals surface area contributed by atoms with Crippen LogP contribution in [0.1, 0.15) is 24.1 Å². The van der Waals surface area contributed by atoms with Crippen molar-refractivity contribution in [3.05, 3.63) is 65.4 Å².